The minimum atomic E-state index is -4.51. The third-order valence-corrected chi connectivity index (χ3v) is 3.00. The fourth-order valence-electron chi connectivity index (χ4n) is 1.40. The van der Waals surface area contributed by atoms with Crippen molar-refractivity contribution in [1.29, 1.82) is 0 Å². The molecule has 0 fully saturated rings. The number of hydrogen-bond donors (Lipinski definition) is 1. The number of aromatic nitrogens is 2. The van der Waals surface area contributed by atoms with E-state index in [1.165, 1.54) is 11.7 Å². The van der Waals surface area contributed by atoms with E-state index in [1.807, 2.05) is 0 Å². The molecule has 0 aromatic carbocycles. The van der Waals surface area contributed by atoms with Gasteiger partial charge in [0.05, 0.1) is 16.0 Å². The molecule has 0 aliphatic heterocycles. The van der Waals surface area contributed by atoms with Crippen LogP contribution < -0.4 is 0 Å². The van der Waals surface area contributed by atoms with Crippen molar-refractivity contribution in [2.24, 2.45) is 0 Å². The molecular formula is C10H7F3N2OS. The fourth-order valence-corrected chi connectivity index (χ4v) is 2.02. The van der Waals surface area contributed by atoms with Gasteiger partial charge in [0.1, 0.15) is 6.10 Å². The second-order valence-electron chi connectivity index (χ2n) is 3.27. The Morgan fingerprint density at radius 2 is 2.00 bits per heavy atom. The molecule has 0 amide bonds. The van der Waals surface area contributed by atoms with E-state index in [9.17, 15) is 18.3 Å². The van der Waals surface area contributed by atoms with Crippen LogP contribution in [0.3, 0.4) is 0 Å². The van der Waals surface area contributed by atoms with Gasteiger partial charge in [0.15, 0.2) is 0 Å². The summed E-state index contributed by atoms with van der Waals surface area (Å²) in [6, 6.07) is 0.847. The summed E-state index contributed by atoms with van der Waals surface area (Å²) in [5.41, 5.74) is 0.306. The Hall–Kier alpha value is -1.47. The molecule has 2 aromatic heterocycles. The highest BCUT2D eigenvalue weighted by Crippen LogP contribution is 2.36. The lowest BCUT2D eigenvalue weighted by atomic mass is 10.0. The van der Waals surface area contributed by atoms with Crippen molar-refractivity contribution in [1.82, 2.24) is 9.97 Å². The standard InChI is InChI=1S/C10H7F3N2OS/c11-10(12,13)7-1-2-14-3-6(7)9(16)8-4-15-5-17-8/h1-5,9,16H. The minimum absolute atomic E-state index is 0.260. The third kappa shape index (κ3) is 2.45. The highest BCUT2D eigenvalue weighted by Gasteiger charge is 2.35. The summed E-state index contributed by atoms with van der Waals surface area (Å²) in [6.45, 7) is 0. The number of rotatable bonds is 2. The van der Waals surface area contributed by atoms with Crippen LogP contribution in [-0.4, -0.2) is 15.1 Å². The number of nitrogens with zero attached hydrogens (tertiary/aromatic N) is 2. The van der Waals surface area contributed by atoms with Gasteiger partial charge in [0, 0.05) is 24.2 Å². The molecule has 1 N–H and O–H groups in total. The first-order valence-electron chi connectivity index (χ1n) is 4.57. The van der Waals surface area contributed by atoms with Crippen molar-refractivity contribution in [3.63, 3.8) is 0 Å². The molecule has 0 spiro atoms. The Labute approximate surface area is 98.6 Å². The quantitative estimate of drug-likeness (QED) is 0.902. The third-order valence-electron chi connectivity index (χ3n) is 2.17. The molecule has 3 nitrogen and oxygen atoms in total. The Kier molecular flexibility index (Phi) is 3.12. The molecule has 0 radical (unpaired) electrons. The zero-order chi connectivity index (χ0) is 12.5. The fraction of sp³-hybridized carbons (Fsp3) is 0.200. The zero-order valence-electron chi connectivity index (χ0n) is 8.35. The molecule has 0 saturated heterocycles. The molecular weight excluding hydrogens is 253 g/mol. The van der Waals surface area contributed by atoms with E-state index in [0.29, 0.717) is 4.88 Å². The van der Waals surface area contributed by atoms with Crippen LogP contribution in [0.5, 0.6) is 0 Å². The molecule has 7 heteroatoms. The summed E-state index contributed by atoms with van der Waals surface area (Å²) >= 11 is 1.09. The Bertz CT molecular complexity index is 499. The SMILES string of the molecule is OC(c1cncs1)c1cnccc1C(F)(F)F. The monoisotopic (exact) mass is 260 g/mol. The highest BCUT2D eigenvalue weighted by molar-refractivity contribution is 7.09. The van der Waals surface area contributed by atoms with E-state index in [0.717, 1.165) is 29.8 Å². The molecule has 2 heterocycles. The first-order valence-corrected chi connectivity index (χ1v) is 5.45. The number of hydrogen-bond acceptors (Lipinski definition) is 4. The smallest absolute Gasteiger partial charge is 0.383 e. The van der Waals surface area contributed by atoms with Crippen molar-refractivity contribution in [3.05, 3.63) is 46.2 Å². The second kappa shape index (κ2) is 4.42. The summed E-state index contributed by atoms with van der Waals surface area (Å²) in [4.78, 5) is 7.68. The van der Waals surface area contributed by atoms with Gasteiger partial charge in [-0.3, -0.25) is 9.97 Å². The molecule has 0 aliphatic rings. The summed E-state index contributed by atoms with van der Waals surface area (Å²) in [6.07, 6.45) is -2.46. The first-order chi connectivity index (χ1) is 8.00. The van der Waals surface area contributed by atoms with Crippen LogP contribution in [-0.2, 0) is 6.18 Å². The van der Waals surface area contributed by atoms with E-state index in [-0.39, 0.29) is 5.56 Å². The van der Waals surface area contributed by atoms with Gasteiger partial charge in [-0.05, 0) is 6.07 Å². The minimum Gasteiger partial charge on any atom is -0.383 e. The molecule has 2 rings (SSSR count). The number of aliphatic hydroxyl groups excluding tert-OH is 1. The van der Waals surface area contributed by atoms with E-state index in [1.54, 1.807) is 0 Å². The van der Waals surface area contributed by atoms with Crippen LogP contribution in [0.4, 0.5) is 13.2 Å². The maximum Gasteiger partial charge on any atom is 0.416 e. The van der Waals surface area contributed by atoms with Gasteiger partial charge in [0.25, 0.3) is 0 Å². The molecule has 1 atom stereocenters. The Morgan fingerprint density at radius 3 is 2.59 bits per heavy atom. The number of alkyl halides is 3. The van der Waals surface area contributed by atoms with Gasteiger partial charge in [0.2, 0.25) is 0 Å². The topological polar surface area (TPSA) is 46.0 Å². The molecule has 90 valence electrons. The summed E-state index contributed by atoms with van der Waals surface area (Å²) in [7, 11) is 0. The lowest BCUT2D eigenvalue weighted by Gasteiger charge is -2.15. The van der Waals surface area contributed by atoms with Gasteiger partial charge < -0.3 is 5.11 Å². The molecule has 2 aromatic rings. The first kappa shape index (κ1) is 12.0. The van der Waals surface area contributed by atoms with Gasteiger partial charge in [-0.15, -0.1) is 11.3 Å². The maximum atomic E-state index is 12.7. The van der Waals surface area contributed by atoms with Crippen molar-refractivity contribution in [2.45, 2.75) is 12.3 Å². The van der Waals surface area contributed by atoms with E-state index >= 15 is 0 Å². The largest absolute Gasteiger partial charge is 0.416 e. The summed E-state index contributed by atoms with van der Waals surface area (Å²) in [5.74, 6) is 0. The number of pyridine rings is 1. The van der Waals surface area contributed by atoms with Crippen molar-refractivity contribution < 1.29 is 18.3 Å². The lowest BCUT2D eigenvalue weighted by molar-refractivity contribution is -0.139. The van der Waals surface area contributed by atoms with Gasteiger partial charge in [-0.2, -0.15) is 13.2 Å². The second-order valence-corrected chi connectivity index (χ2v) is 4.18. The maximum absolute atomic E-state index is 12.7. The summed E-state index contributed by atoms with van der Waals surface area (Å²) < 4.78 is 38.1. The van der Waals surface area contributed by atoms with Crippen LogP contribution in [0.25, 0.3) is 0 Å². The van der Waals surface area contributed by atoms with E-state index in [4.69, 9.17) is 0 Å². The predicted octanol–water partition coefficient (Wildman–Crippen LogP) is 2.64. The van der Waals surface area contributed by atoms with Crippen LogP contribution in [0.1, 0.15) is 22.1 Å². The van der Waals surface area contributed by atoms with Gasteiger partial charge in [-0.1, -0.05) is 0 Å². The number of halogens is 3. The average molecular weight is 260 g/mol. The van der Waals surface area contributed by atoms with Crippen LogP contribution in [0.15, 0.2) is 30.2 Å². The molecule has 1 unspecified atom stereocenters. The summed E-state index contributed by atoms with van der Waals surface area (Å²) in [5, 5.41) is 9.86. The van der Waals surface area contributed by atoms with E-state index in [2.05, 4.69) is 9.97 Å². The average Bonchev–Trinajstić information content (AvgIpc) is 2.80. The van der Waals surface area contributed by atoms with Crippen LogP contribution in [0, 0.1) is 0 Å². The van der Waals surface area contributed by atoms with E-state index < -0.39 is 17.8 Å². The van der Waals surface area contributed by atoms with Crippen molar-refractivity contribution >= 4 is 11.3 Å². The van der Waals surface area contributed by atoms with Gasteiger partial charge >= 0.3 is 6.18 Å². The van der Waals surface area contributed by atoms with Crippen LogP contribution in [0.2, 0.25) is 0 Å². The normalized spacial score (nSPS) is 13.6. The van der Waals surface area contributed by atoms with Crippen LogP contribution >= 0.6 is 11.3 Å². The molecule has 0 aliphatic carbocycles. The molecule has 0 bridgehead atoms. The van der Waals surface area contributed by atoms with Gasteiger partial charge in [-0.25, -0.2) is 0 Å². The Morgan fingerprint density at radius 1 is 1.24 bits per heavy atom. The number of aliphatic hydroxyl groups is 1. The lowest BCUT2D eigenvalue weighted by Crippen LogP contribution is -2.12. The zero-order valence-corrected chi connectivity index (χ0v) is 9.16. The van der Waals surface area contributed by atoms with Crippen molar-refractivity contribution in [3.8, 4) is 0 Å². The predicted molar refractivity (Wildman–Crippen MR) is 55.4 cm³/mol. The number of thiazole rings is 1. The molecule has 0 saturated carbocycles. The molecule has 17 heavy (non-hydrogen) atoms. The highest BCUT2D eigenvalue weighted by atomic mass is 32.1. The Balaban J connectivity index is 2.46. The van der Waals surface area contributed by atoms with Crippen molar-refractivity contribution in [2.75, 3.05) is 0 Å².